The van der Waals surface area contributed by atoms with Gasteiger partial charge >= 0.3 is 0 Å². The molecule has 1 unspecified atom stereocenters. The minimum Gasteiger partial charge on any atom is -0.329 e. The summed E-state index contributed by atoms with van der Waals surface area (Å²) >= 11 is 1.78. The van der Waals surface area contributed by atoms with Gasteiger partial charge in [-0.3, -0.25) is 9.78 Å². The van der Waals surface area contributed by atoms with E-state index in [1.807, 2.05) is 47.5 Å². The molecule has 1 aromatic heterocycles. The highest BCUT2D eigenvalue weighted by Gasteiger charge is 2.28. The summed E-state index contributed by atoms with van der Waals surface area (Å²) < 4.78 is 0. The minimum atomic E-state index is 0. The van der Waals surface area contributed by atoms with Crippen LogP contribution in [0.4, 0.5) is 0 Å². The van der Waals surface area contributed by atoms with E-state index in [2.05, 4.69) is 16.6 Å². The molecule has 1 atom stereocenters. The Hall–Kier alpha value is -1.56. The third-order valence-electron chi connectivity index (χ3n) is 4.09. The molecule has 1 fully saturated rings. The number of halogens is 1. The zero-order valence-corrected chi connectivity index (χ0v) is 15.3. The molecular weight excluding hydrogens is 342 g/mol. The number of nitrogens with zero attached hydrogens (tertiary/aromatic N) is 2. The van der Waals surface area contributed by atoms with Crippen LogP contribution in [0.15, 0.2) is 48.8 Å². The highest BCUT2D eigenvalue weighted by atomic mass is 35.5. The SMILES string of the molecule is CSCc1ccc(C(=O)N2CCNCC2c2cccnc2)cc1.Cl. The van der Waals surface area contributed by atoms with Crippen molar-refractivity contribution in [1.82, 2.24) is 15.2 Å². The highest BCUT2D eigenvalue weighted by molar-refractivity contribution is 7.97. The van der Waals surface area contributed by atoms with Crippen LogP contribution < -0.4 is 5.32 Å². The molecule has 1 aliphatic rings. The van der Waals surface area contributed by atoms with E-state index in [9.17, 15) is 4.79 Å². The molecular formula is C18H22ClN3OS. The van der Waals surface area contributed by atoms with E-state index >= 15 is 0 Å². The molecule has 6 heteroatoms. The molecule has 1 aliphatic heterocycles. The van der Waals surface area contributed by atoms with E-state index in [0.717, 1.165) is 30.0 Å². The second-order valence-corrected chi connectivity index (χ2v) is 6.50. The van der Waals surface area contributed by atoms with Crippen molar-refractivity contribution in [1.29, 1.82) is 0 Å². The van der Waals surface area contributed by atoms with E-state index in [-0.39, 0.29) is 24.4 Å². The number of amides is 1. The first-order valence-electron chi connectivity index (χ1n) is 7.79. The van der Waals surface area contributed by atoms with Crippen molar-refractivity contribution in [3.05, 3.63) is 65.5 Å². The molecule has 0 radical (unpaired) electrons. The fourth-order valence-electron chi connectivity index (χ4n) is 2.89. The van der Waals surface area contributed by atoms with Gasteiger partial charge in [-0.2, -0.15) is 11.8 Å². The highest BCUT2D eigenvalue weighted by Crippen LogP contribution is 2.24. The van der Waals surface area contributed by atoms with Gasteiger partial charge in [0.05, 0.1) is 6.04 Å². The van der Waals surface area contributed by atoms with Crippen LogP contribution in [-0.2, 0) is 5.75 Å². The zero-order valence-electron chi connectivity index (χ0n) is 13.6. The van der Waals surface area contributed by atoms with Gasteiger partial charge in [0, 0.05) is 43.3 Å². The second kappa shape index (κ2) is 9.06. The van der Waals surface area contributed by atoms with Gasteiger partial charge in [-0.15, -0.1) is 12.4 Å². The van der Waals surface area contributed by atoms with Crippen LogP contribution in [0.25, 0.3) is 0 Å². The number of aromatic nitrogens is 1. The van der Waals surface area contributed by atoms with Gasteiger partial charge in [0.2, 0.25) is 0 Å². The largest absolute Gasteiger partial charge is 0.329 e. The Morgan fingerprint density at radius 3 is 2.79 bits per heavy atom. The van der Waals surface area contributed by atoms with Gasteiger partial charge in [0.25, 0.3) is 5.91 Å². The molecule has 1 amide bonds. The smallest absolute Gasteiger partial charge is 0.254 e. The summed E-state index contributed by atoms with van der Waals surface area (Å²) in [5.41, 5.74) is 3.08. The number of hydrogen-bond donors (Lipinski definition) is 1. The number of thioether (sulfide) groups is 1. The Morgan fingerprint density at radius 1 is 1.33 bits per heavy atom. The van der Waals surface area contributed by atoms with Gasteiger partial charge in [-0.05, 0) is 35.6 Å². The monoisotopic (exact) mass is 363 g/mol. The maximum atomic E-state index is 12.9. The van der Waals surface area contributed by atoms with Crippen molar-refractivity contribution in [3.8, 4) is 0 Å². The Kier molecular flexibility index (Phi) is 7.09. The summed E-state index contributed by atoms with van der Waals surface area (Å²) in [7, 11) is 0. The fourth-order valence-corrected chi connectivity index (χ4v) is 3.42. The van der Waals surface area contributed by atoms with Crippen molar-refractivity contribution in [2.24, 2.45) is 0 Å². The summed E-state index contributed by atoms with van der Waals surface area (Å²) in [5, 5.41) is 3.37. The normalized spacial score (nSPS) is 17.2. The summed E-state index contributed by atoms with van der Waals surface area (Å²) in [6, 6.07) is 12.0. The summed E-state index contributed by atoms with van der Waals surface area (Å²) in [5.74, 6) is 1.07. The zero-order chi connectivity index (χ0) is 16.1. The van der Waals surface area contributed by atoms with Crippen LogP contribution in [0.5, 0.6) is 0 Å². The molecule has 1 aromatic carbocycles. The molecule has 2 heterocycles. The number of carbonyl (C=O) groups is 1. The van der Waals surface area contributed by atoms with Crippen molar-refractivity contribution >= 4 is 30.1 Å². The number of piperazine rings is 1. The van der Waals surface area contributed by atoms with Crippen molar-refractivity contribution in [3.63, 3.8) is 0 Å². The summed E-state index contributed by atoms with van der Waals surface area (Å²) in [6.45, 7) is 2.31. The molecule has 1 N–H and O–H groups in total. The van der Waals surface area contributed by atoms with Crippen molar-refractivity contribution < 1.29 is 4.79 Å². The number of pyridine rings is 1. The lowest BCUT2D eigenvalue weighted by Crippen LogP contribution is -2.48. The average molecular weight is 364 g/mol. The molecule has 24 heavy (non-hydrogen) atoms. The lowest BCUT2D eigenvalue weighted by atomic mass is 10.0. The van der Waals surface area contributed by atoms with Crippen molar-refractivity contribution in [2.45, 2.75) is 11.8 Å². The quantitative estimate of drug-likeness (QED) is 0.906. The maximum Gasteiger partial charge on any atom is 0.254 e. The van der Waals surface area contributed by atoms with Crippen LogP contribution >= 0.6 is 24.2 Å². The number of hydrogen-bond acceptors (Lipinski definition) is 4. The number of nitrogens with one attached hydrogen (secondary N) is 1. The summed E-state index contributed by atoms with van der Waals surface area (Å²) in [6.07, 6.45) is 5.69. The molecule has 2 aromatic rings. The van der Waals surface area contributed by atoms with Crippen LogP contribution in [0.3, 0.4) is 0 Å². The number of benzene rings is 1. The molecule has 0 spiro atoms. The average Bonchev–Trinajstić information content (AvgIpc) is 2.63. The van der Waals surface area contributed by atoms with Crippen LogP contribution in [0, 0.1) is 0 Å². The first kappa shape index (κ1) is 18.8. The first-order chi connectivity index (χ1) is 11.3. The van der Waals surface area contributed by atoms with E-state index in [4.69, 9.17) is 0 Å². The van der Waals surface area contributed by atoms with Gasteiger partial charge in [0.15, 0.2) is 0 Å². The predicted octanol–water partition coefficient (Wildman–Crippen LogP) is 3.15. The minimum absolute atomic E-state index is 0. The molecule has 1 saturated heterocycles. The molecule has 0 aliphatic carbocycles. The van der Waals surface area contributed by atoms with Gasteiger partial charge in [-0.1, -0.05) is 18.2 Å². The van der Waals surface area contributed by atoms with Gasteiger partial charge in [0.1, 0.15) is 0 Å². The van der Waals surface area contributed by atoms with E-state index < -0.39 is 0 Å². The molecule has 128 valence electrons. The standard InChI is InChI=1S/C18H21N3OS.ClH/c1-23-13-14-4-6-15(7-5-14)18(22)21-10-9-20-12-17(21)16-3-2-8-19-11-16;/h2-8,11,17,20H,9-10,12-13H2,1H3;1H. The van der Waals surface area contributed by atoms with Gasteiger partial charge < -0.3 is 10.2 Å². The fraction of sp³-hybridized carbons (Fsp3) is 0.333. The third kappa shape index (κ3) is 4.29. The van der Waals surface area contributed by atoms with Crippen molar-refractivity contribution in [2.75, 3.05) is 25.9 Å². The first-order valence-corrected chi connectivity index (χ1v) is 9.18. The van der Waals surface area contributed by atoms with E-state index in [1.54, 1.807) is 18.0 Å². The van der Waals surface area contributed by atoms with Gasteiger partial charge in [-0.25, -0.2) is 0 Å². The Bertz CT molecular complexity index is 651. The lowest BCUT2D eigenvalue weighted by Gasteiger charge is -2.36. The maximum absolute atomic E-state index is 12.9. The number of carbonyl (C=O) groups excluding carboxylic acids is 1. The molecule has 0 saturated carbocycles. The van der Waals surface area contributed by atoms with Crippen LogP contribution in [-0.4, -0.2) is 41.7 Å². The topological polar surface area (TPSA) is 45.2 Å². The second-order valence-electron chi connectivity index (χ2n) is 5.63. The number of rotatable bonds is 4. The van der Waals surface area contributed by atoms with Crippen LogP contribution in [0.1, 0.15) is 27.5 Å². The molecule has 0 bridgehead atoms. The molecule has 4 nitrogen and oxygen atoms in total. The Morgan fingerprint density at radius 2 is 2.12 bits per heavy atom. The predicted molar refractivity (Wildman–Crippen MR) is 102 cm³/mol. The van der Waals surface area contributed by atoms with Crippen LogP contribution in [0.2, 0.25) is 0 Å². The van der Waals surface area contributed by atoms with E-state index in [1.165, 1.54) is 5.56 Å². The lowest BCUT2D eigenvalue weighted by molar-refractivity contribution is 0.0634. The third-order valence-corrected chi connectivity index (χ3v) is 4.71. The van der Waals surface area contributed by atoms with E-state index in [0.29, 0.717) is 6.54 Å². The Balaban J connectivity index is 0.00000208. The Labute approximate surface area is 153 Å². The summed E-state index contributed by atoms with van der Waals surface area (Å²) in [4.78, 5) is 19.1. The molecule has 3 rings (SSSR count).